The lowest BCUT2D eigenvalue weighted by molar-refractivity contribution is 0.745. The van der Waals surface area contributed by atoms with Gasteiger partial charge in [-0.25, -0.2) is 4.99 Å². The number of hydrogen-bond donors (Lipinski definition) is 0. The fourth-order valence-corrected chi connectivity index (χ4v) is 2.43. The molecular weight excluding hydrogens is 244 g/mol. The Kier molecular flexibility index (Phi) is 3.38. The number of aromatic nitrogens is 1. The lowest BCUT2D eigenvalue weighted by atomic mass is 10.2. The molecule has 0 atom stereocenters. The SMILES string of the molecule is CCn1c(=Nc2ccc(C)cc2)ccc2ccccc21. The maximum atomic E-state index is 4.77. The molecule has 0 radical (unpaired) electrons. The van der Waals surface area contributed by atoms with Crippen molar-refractivity contribution in [3.05, 3.63) is 71.7 Å². The van der Waals surface area contributed by atoms with Crippen LogP contribution in [0.2, 0.25) is 0 Å². The third-order valence-electron chi connectivity index (χ3n) is 3.51. The largest absolute Gasteiger partial charge is 0.326 e. The van der Waals surface area contributed by atoms with E-state index < -0.39 is 0 Å². The molecule has 1 aromatic heterocycles. The summed E-state index contributed by atoms with van der Waals surface area (Å²) in [6.07, 6.45) is 0. The molecule has 2 aromatic carbocycles. The second-order valence-electron chi connectivity index (χ2n) is 4.94. The van der Waals surface area contributed by atoms with Crippen LogP contribution in [0.5, 0.6) is 0 Å². The molecule has 0 unspecified atom stereocenters. The minimum Gasteiger partial charge on any atom is -0.326 e. The highest BCUT2D eigenvalue weighted by Crippen LogP contribution is 2.14. The third kappa shape index (κ3) is 2.37. The number of aryl methyl sites for hydroxylation is 2. The molecule has 0 bridgehead atoms. The molecule has 2 heteroatoms. The molecule has 0 saturated carbocycles. The Hall–Kier alpha value is -2.35. The van der Waals surface area contributed by atoms with Crippen molar-refractivity contribution in [2.24, 2.45) is 4.99 Å². The Balaban J connectivity index is 2.23. The van der Waals surface area contributed by atoms with Gasteiger partial charge in [-0.05, 0) is 49.6 Å². The van der Waals surface area contributed by atoms with Crippen LogP contribution < -0.4 is 5.49 Å². The van der Waals surface area contributed by atoms with Crippen molar-refractivity contribution in [1.29, 1.82) is 0 Å². The monoisotopic (exact) mass is 262 g/mol. The number of fused-ring (bicyclic) bond motifs is 1. The Labute approximate surface area is 119 Å². The van der Waals surface area contributed by atoms with Crippen molar-refractivity contribution >= 4 is 16.6 Å². The standard InChI is InChI=1S/C18H18N2/c1-3-20-17-7-5-4-6-15(17)10-13-18(20)19-16-11-8-14(2)9-12-16/h4-13H,3H2,1-2H3. The van der Waals surface area contributed by atoms with Crippen molar-refractivity contribution in [3.63, 3.8) is 0 Å². The fourth-order valence-electron chi connectivity index (χ4n) is 2.43. The highest BCUT2D eigenvalue weighted by atomic mass is 15.0. The number of benzene rings is 2. The third-order valence-corrected chi connectivity index (χ3v) is 3.51. The summed E-state index contributed by atoms with van der Waals surface area (Å²) >= 11 is 0. The Bertz CT molecular complexity index is 796. The van der Waals surface area contributed by atoms with E-state index >= 15 is 0 Å². The molecule has 2 nitrogen and oxygen atoms in total. The van der Waals surface area contributed by atoms with E-state index in [1.807, 2.05) is 0 Å². The summed E-state index contributed by atoms with van der Waals surface area (Å²) in [5.41, 5.74) is 4.47. The summed E-state index contributed by atoms with van der Waals surface area (Å²) in [7, 11) is 0. The highest BCUT2D eigenvalue weighted by molar-refractivity contribution is 5.78. The summed E-state index contributed by atoms with van der Waals surface area (Å²) in [6, 6.07) is 21.0. The number of para-hydroxylation sites is 1. The number of pyridine rings is 1. The second kappa shape index (κ2) is 5.33. The predicted octanol–water partition coefficient (Wildman–Crippen LogP) is 4.20. The van der Waals surface area contributed by atoms with Crippen LogP contribution in [0.25, 0.3) is 10.9 Å². The van der Waals surface area contributed by atoms with E-state index in [-0.39, 0.29) is 0 Å². The molecule has 0 aliphatic carbocycles. The molecule has 0 fully saturated rings. The molecular formula is C18H18N2. The molecule has 0 saturated heterocycles. The van der Waals surface area contributed by atoms with Gasteiger partial charge in [0.05, 0.1) is 5.69 Å². The van der Waals surface area contributed by atoms with Gasteiger partial charge in [0.1, 0.15) is 5.49 Å². The summed E-state index contributed by atoms with van der Waals surface area (Å²) < 4.78 is 2.25. The molecule has 0 amide bonds. The van der Waals surface area contributed by atoms with Gasteiger partial charge in [0, 0.05) is 12.1 Å². The van der Waals surface area contributed by atoms with Crippen LogP contribution in [0.15, 0.2) is 65.7 Å². The van der Waals surface area contributed by atoms with E-state index in [0.717, 1.165) is 17.7 Å². The zero-order valence-electron chi connectivity index (χ0n) is 11.9. The number of rotatable bonds is 2. The van der Waals surface area contributed by atoms with Crippen LogP contribution >= 0.6 is 0 Å². The molecule has 0 aliphatic rings. The maximum absolute atomic E-state index is 4.77. The first-order valence-electron chi connectivity index (χ1n) is 6.98. The number of hydrogen-bond acceptors (Lipinski definition) is 1. The normalized spacial score (nSPS) is 12.0. The second-order valence-corrected chi connectivity index (χ2v) is 4.94. The smallest absolute Gasteiger partial charge is 0.133 e. The van der Waals surface area contributed by atoms with Gasteiger partial charge in [0.25, 0.3) is 0 Å². The predicted molar refractivity (Wildman–Crippen MR) is 84.0 cm³/mol. The van der Waals surface area contributed by atoms with Crippen LogP contribution in [0.3, 0.4) is 0 Å². The van der Waals surface area contributed by atoms with Gasteiger partial charge < -0.3 is 4.57 Å². The Morgan fingerprint density at radius 3 is 2.40 bits per heavy atom. The Morgan fingerprint density at radius 2 is 1.65 bits per heavy atom. The number of nitrogens with zero attached hydrogens (tertiary/aromatic N) is 2. The van der Waals surface area contributed by atoms with Crippen LogP contribution in [0.1, 0.15) is 12.5 Å². The topological polar surface area (TPSA) is 17.3 Å². The molecule has 0 N–H and O–H groups in total. The fraction of sp³-hybridized carbons (Fsp3) is 0.167. The average Bonchev–Trinajstić information content (AvgIpc) is 2.49. The zero-order valence-corrected chi connectivity index (χ0v) is 11.9. The highest BCUT2D eigenvalue weighted by Gasteiger charge is 1.99. The summed E-state index contributed by atoms with van der Waals surface area (Å²) in [5, 5.41) is 1.25. The molecule has 0 spiro atoms. The van der Waals surface area contributed by atoms with Gasteiger partial charge in [0.2, 0.25) is 0 Å². The average molecular weight is 262 g/mol. The van der Waals surface area contributed by atoms with E-state index in [2.05, 4.69) is 79.1 Å². The molecule has 3 aromatic rings. The minimum absolute atomic E-state index is 0.909. The van der Waals surface area contributed by atoms with Crippen LogP contribution in [0, 0.1) is 6.92 Å². The van der Waals surface area contributed by atoms with E-state index in [9.17, 15) is 0 Å². The van der Waals surface area contributed by atoms with Crippen LogP contribution in [-0.4, -0.2) is 4.57 Å². The van der Waals surface area contributed by atoms with Crippen molar-refractivity contribution in [2.75, 3.05) is 0 Å². The van der Waals surface area contributed by atoms with Crippen molar-refractivity contribution in [2.45, 2.75) is 20.4 Å². The summed E-state index contributed by atoms with van der Waals surface area (Å²) in [5.74, 6) is 0. The van der Waals surface area contributed by atoms with Gasteiger partial charge in [-0.15, -0.1) is 0 Å². The molecule has 1 heterocycles. The van der Waals surface area contributed by atoms with Gasteiger partial charge >= 0.3 is 0 Å². The molecule has 100 valence electrons. The first kappa shape index (κ1) is 12.7. The van der Waals surface area contributed by atoms with Crippen LogP contribution in [-0.2, 0) is 6.54 Å². The van der Waals surface area contributed by atoms with Crippen molar-refractivity contribution in [1.82, 2.24) is 4.57 Å². The Morgan fingerprint density at radius 1 is 0.900 bits per heavy atom. The van der Waals surface area contributed by atoms with Gasteiger partial charge in [-0.1, -0.05) is 35.9 Å². The molecule has 20 heavy (non-hydrogen) atoms. The van der Waals surface area contributed by atoms with E-state index in [1.54, 1.807) is 0 Å². The minimum atomic E-state index is 0.909. The summed E-state index contributed by atoms with van der Waals surface area (Å²) in [4.78, 5) is 4.77. The van der Waals surface area contributed by atoms with Gasteiger partial charge in [0.15, 0.2) is 0 Å². The first-order valence-corrected chi connectivity index (χ1v) is 6.98. The van der Waals surface area contributed by atoms with Crippen molar-refractivity contribution in [3.8, 4) is 0 Å². The quantitative estimate of drug-likeness (QED) is 0.658. The summed E-state index contributed by atoms with van der Waals surface area (Å²) in [6.45, 7) is 5.15. The molecule has 0 aliphatic heterocycles. The first-order chi connectivity index (χ1) is 9.78. The lowest BCUT2D eigenvalue weighted by Gasteiger charge is -2.09. The van der Waals surface area contributed by atoms with Crippen molar-refractivity contribution < 1.29 is 0 Å². The van der Waals surface area contributed by atoms with Crippen LogP contribution in [0.4, 0.5) is 5.69 Å². The van der Waals surface area contributed by atoms with E-state index in [4.69, 9.17) is 4.99 Å². The van der Waals surface area contributed by atoms with Gasteiger partial charge in [-0.3, -0.25) is 0 Å². The van der Waals surface area contributed by atoms with E-state index in [1.165, 1.54) is 16.5 Å². The zero-order chi connectivity index (χ0) is 13.9. The van der Waals surface area contributed by atoms with E-state index in [0.29, 0.717) is 0 Å². The molecule has 3 rings (SSSR count). The van der Waals surface area contributed by atoms with Gasteiger partial charge in [-0.2, -0.15) is 0 Å². The maximum Gasteiger partial charge on any atom is 0.133 e. The lowest BCUT2D eigenvalue weighted by Crippen LogP contribution is -2.19.